The fourth-order valence-corrected chi connectivity index (χ4v) is 2.26. The van der Waals surface area contributed by atoms with Crippen LogP contribution < -0.4 is 11.4 Å². The Morgan fingerprint density at radius 3 is 2.68 bits per heavy atom. The lowest BCUT2D eigenvalue weighted by Gasteiger charge is -2.28. The summed E-state index contributed by atoms with van der Waals surface area (Å²) in [5.74, 6) is 0.0457. The first-order valence-corrected chi connectivity index (χ1v) is 5.76. The number of nitrogen functional groups attached to an aromatic ring is 1. The van der Waals surface area contributed by atoms with Crippen LogP contribution in [0.4, 0.5) is 5.82 Å². The fraction of sp³-hybridized carbons (Fsp3) is 0.636. The number of rotatable bonds is 2. The van der Waals surface area contributed by atoms with Crippen LogP contribution in [0.15, 0.2) is 17.1 Å². The Morgan fingerprint density at radius 2 is 2.21 bits per heavy atom. The number of nitrogens with zero attached hydrogens (tertiary/aromatic N) is 2. The van der Waals surface area contributed by atoms with Gasteiger partial charge in [-0.15, -0.1) is 0 Å². The molecule has 1 aromatic rings. The van der Waals surface area contributed by atoms with Gasteiger partial charge in [-0.05, 0) is 19.9 Å². The highest BCUT2D eigenvalue weighted by Crippen LogP contribution is 2.43. The van der Waals surface area contributed by atoms with Crippen molar-refractivity contribution in [2.45, 2.75) is 37.4 Å². The van der Waals surface area contributed by atoms with E-state index in [4.69, 9.17) is 10.5 Å². The monoisotopic (exact) mass is 271 g/mol. The van der Waals surface area contributed by atoms with Crippen molar-refractivity contribution in [1.29, 1.82) is 0 Å². The molecular formula is C11H17N3O5. The third-order valence-electron chi connectivity index (χ3n) is 3.43. The lowest BCUT2D eigenvalue weighted by molar-refractivity contribution is -0.122. The molecular weight excluding hydrogens is 254 g/mol. The van der Waals surface area contributed by atoms with Crippen molar-refractivity contribution in [2.75, 3.05) is 12.3 Å². The number of aromatic nitrogens is 2. The topological polar surface area (TPSA) is 131 Å². The average Bonchev–Trinajstić information content (AvgIpc) is 2.51. The number of aliphatic hydroxyl groups excluding tert-OH is 2. The van der Waals surface area contributed by atoms with E-state index in [1.807, 2.05) is 0 Å². The molecule has 106 valence electrons. The molecule has 0 amide bonds. The Kier molecular flexibility index (Phi) is 3.13. The first-order valence-electron chi connectivity index (χ1n) is 5.76. The molecule has 2 rings (SSSR count). The van der Waals surface area contributed by atoms with E-state index >= 15 is 0 Å². The minimum atomic E-state index is -1.75. The summed E-state index contributed by atoms with van der Waals surface area (Å²) in [7, 11) is 0. The van der Waals surface area contributed by atoms with E-state index in [0.29, 0.717) is 0 Å². The highest BCUT2D eigenvalue weighted by molar-refractivity contribution is 5.24. The van der Waals surface area contributed by atoms with Gasteiger partial charge >= 0.3 is 5.69 Å². The molecule has 0 saturated carbocycles. The highest BCUT2D eigenvalue weighted by Gasteiger charge is 2.59. The first-order chi connectivity index (χ1) is 8.72. The summed E-state index contributed by atoms with van der Waals surface area (Å²) in [5.41, 5.74) is 1.56. The van der Waals surface area contributed by atoms with Gasteiger partial charge in [-0.3, -0.25) is 4.57 Å². The maximum absolute atomic E-state index is 11.8. The lowest BCUT2D eigenvalue weighted by atomic mass is 9.89. The van der Waals surface area contributed by atoms with Gasteiger partial charge in [0.05, 0.1) is 6.61 Å². The second kappa shape index (κ2) is 4.27. The Hall–Kier alpha value is -1.48. The van der Waals surface area contributed by atoms with Crippen LogP contribution >= 0.6 is 0 Å². The van der Waals surface area contributed by atoms with Crippen molar-refractivity contribution in [3.05, 3.63) is 22.7 Å². The summed E-state index contributed by atoms with van der Waals surface area (Å²) >= 11 is 0. The van der Waals surface area contributed by atoms with Crippen molar-refractivity contribution >= 4 is 5.82 Å². The van der Waals surface area contributed by atoms with Crippen molar-refractivity contribution in [3.8, 4) is 0 Å². The van der Waals surface area contributed by atoms with Crippen LogP contribution in [0.25, 0.3) is 0 Å². The number of nitrogens with two attached hydrogens (primary N) is 1. The maximum Gasteiger partial charge on any atom is 0.351 e. The molecule has 2 heterocycles. The van der Waals surface area contributed by atoms with E-state index in [-0.39, 0.29) is 5.82 Å². The molecule has 8 nitrogen and oxygen atoms in total. The highest BCUT2D eigenvalue weighted by atomic mass is 16.6. The third-order valence-corrected chi connectivity index (χ3v) is 3.43. The van der Waals surface area contributed by atoms with Gasteiger partial charge in [0, 0.05) is 6.20 Å². The SMILES string of the molecule is CC1(CO)O[C@@H](n2ccc(N)nc2=O)[C@](C)(O)[C@@H]1O. The van der Waals surface area contributed by atoms with Gasteiger partial charge in [0.1, 0.15) is 23.1 Å². The summed E-state index contributed by atoms with van der Waals surface area (Å²) in [6.45, 7) is 2.27. The van der Waals surface area contributed by atoms with Gasteiger partial charge in [0.15, 0.2) is 6.23 Å². The van der Waals surface area contributed by atoms with Crippen LogP contribution in [-0.4, -0.2) is 48.8 Å². The molecule has 0 bridgehead atoms. The maximum atomic E-state index is 11.8. The molecule has 1 aliphatic heterocycles. The summed E-state index contributed by atoms with van der Waals surface area (Å²) in [5, 5.41) is 29.7. The van der Waals surface area contributed by atoms with Gasteiger partial charge in [-0.2, -0.15) is 4.98 Å². The number of hydrogen-bond donors (Lipinski definition) is 4. The minimum absolute atomic E-state index is 0.0457. The van der Waals surface area contributed by atoms with Crippen molar-refractivity contribution in [1.82, 2.24) is 9.55 Å². The normalized spacial score (nSPS) is 38.6. The fourth-order valence-electron chi connectivity index (χ4n) is 2.26. The standard InChI is InChI=1S/C11H17N3O5/c1-10(5-15)7(16)11(2,18)8(19-10)14-4-3-6(12)13-9(14)17/h3-4,7-8,15-16,18H,5H2,1-2H3,(H2,12,13,17)/t7-,8-,10?,11-/m1/s1. The second-order valence-electron chi connectivity index (χ2n) is 5.11. The lowest BCUT2D eigenvalue weighted by Crippen LogP contribution is -2.50. The van der Waals surface area contributed by atoms with Crippen LogP contribution in [0.2, 0.25) is 0 Å². The quantitative estimate of drug-likeness (QED) is 0.500. The van der Waals surface area contributed by atoms with Crippen LogP contribution in [0.3, 0.4) is 0 Å². The molecule has 1 aromatic heterocycles. The summed E-state index contributed by atoms with van der Waals surface area (Å²) < 4.78 is 6.49. The van der Waals surface area contributed by atoms with Crippen molar-refractivity contribution in [3.63, 3.8) is 0 Å². The zero-order valence-electron chi connectivity index (χ0n) is 10.6. The predicted molar refractivity (Wildman–Crippen MR) is 65.2 cm³/mol. The van der Waals surface area contributed by atoms with Crippen molar-refractivity contribution in [2.24, 2.45) is 0 Å². The molecule has 4 atom stereocenters. The molecule has 1 unspecified atom stereocenters. The van der Waals surface area contributed by atoms with Crippen LogP contribution in [0, 0.1) is 0 Å². The Labute approximate surface area is 109 Å². The Balaban J connectivity index is 2.48. The van der Waals surface area contributed by atoms with Crippen LogP contribution in [-0.2, 0) is 4.74 Å². The van der Waals surface area contributed by atoms with E-state index in [2.05, 4.69) is 4.98 Å². The van der Waals surface area contributed by atoms with E-state index < -0.39 is 35.8 Å². The second-order valence-corrected chi connectivity index (χ2v) is 5.11. The van der Waals surface area contributed by atoms with E-state index in [9.17, 15) is 20.1 Å². The molecule has 19 heavy (non-hydrogen) atoms. The molecule has 1 fully saturated rings. The van der Waals surface area contributed by atoms with Gasteiger partial charge in [0.25, 0.3) is 0 Å². The molecule has 0 radical (unpaired) electrons. The van der Waals surface area contributed by atoms with Gasteiger partial charge in [-0.1, -0.05) is 0 Å². The molecule has 1 saturated heterocycles. The molecule has 1 aliphatic rings. The molecule has 0 aliphatic carbocycles. The average molecular weight is 271 g/mol. The van der Waals surface area contributed by atoms with E-state index in [1.165, 1.54) is 26.1 Å². The van der Waals surface area contributed by atoms with Crippen LogP contribution in [0.1, 0.15) is 20.1 Å². The zero-order valence-corrected chi connectivity index (χ0v) is 10.6. The van der Waals surface area contributed by atoms with E-state index in [0.717, 1.165) is 4.57 Å². The molecule has 8 heteroatoms. The van der Waals surface area contributed by atoms with Gasteiger partial charge in [-0.25, -0.2) is 4.79 Å². The van der Waals surface area contributed by atoms with Crippen LogP contribution in [0.5, 0.6) is 0 Å². The number of ether oxygens (including phenoxy) is 1. The molecule has 5 N–H and O–H groups in total. The Morgan fingerprint density at radius 1 is 1.58 bits per heavy atom. The van der Waals surface area contributed by atoms with E-state index in [1.54, 1.807) is 0 Å². The summed E-state index contributed by atoms with van der Waals surface area (Å²) in [6.07, 6.45) is -1.21. The Bertz CT molecular complexity index is 543. The number of anilines is 1. The number of aliphatic hydroxyl groups is 3. The third kappa shape index (κ3) is 2.02. The first kappa shape index (κ1) is 13.9. The predicted octanol–water partition coefficient (Wildman–Crippen LogP) is -1.78. The summed E-state index contributed by atoms with van der Waals surface area (Å²) in [6, 6.07) is 1.38. The molecule has 0 spiro atoms. The number of hydrogen-bond acceptors (Lipinski definition) is 7. The smallest absolute Gasteiger partial charge is 0.351 e. The van der Waals surface area contributed by atoms with Gasteiger partial charge < -0.3 is 25.8 Å². The summed E-state index contributed by atoms with van der Waals surface area (Å²) in [4.78, 5) is 15.3. The minimum Gasteiger partial charge on any atom is -0.393 e. The largest absolute Gasteiger partial charge is 0.393 e. The van der Waals surface area contributed by atoms with Gasteiger partial charge in [0.2, 0.25) is 0 Å². The molecule has 0 aromatic carbocycles. The zero-order chi connectivity index (χ0) is 14.4. The van der Waals surface area contributed by atoms with Crippen molar-refractivity contribution < 1.29 is 20.1 Å².